The molecule has 3 fully saturated rings. The van der Waals surface area contributed by atoms with Gasteiger partial charge in [0.05, 0.1) is 18.6 Å². The summed E-state index contributed by atoms with van der Waals surface area (Å²) in [6.07, 6.45) is 3.21. The van der Waals surface area contributed by atoms with Gasteiger partial charge in [-0.15, -0.1) is 0 Å². The highest BCUT2D eigenvalue weighted by molar-refractivity contribution is 5.88. The van der Waals surface area contributed by atoms with Crippen LogP contribution in [0.5, 0.6) is 0 Å². The minimum atomic E-state index is -0.914. The molecule has 1 aromatic rings. The summed E-state index contributed by atoms with van der Waals surface area (Å²) < 4.78 is 27.7. The van der Waals surface area contributed by atoms with Crippen LogP contribution < -0.4 is 5.32 Å². The third-order valence-corrected chi connectivity index (χ3v) is 7.05. The van der Waals surface area contributed by atoms with Crippen LogP contribution in [0.1, 0.15) is 37.7 Å². The monoisotopic (exact) mass is 450 g/mol. The van der Waals surface area contributed by atoms with E-state index in [-0.39, 0.29) is 36.4 Å². The number of carbonyl (C=O) groups excluding carboxylic acids is 2. The Morgan fingerprint density at radius 1 is 1.06 bits per heavy atom. The van der Waals surface area contributed by atoms with Crippen LogP contribution in [0.2, 0.25) is 0 Å². The van der Waals surface area contributed by atoms with E-state index >= 15 is 0 Å². The first kappa shape index (κ1) is 23.1. The van der Waals surface area contributed by atoms with Gasteiger partial charge in [-0.25, -0.2) is 8.78 Å². The maximum absolute atomic E-state index is 14.2. The highest BCUT2D eigenvalue weighted by atomic mass is 19.2. The molecule has 0 radical (unpaired) electrons. The lowest BCUT2D eigenvalue weighted by atomic mass is 9.98. The zero-order valence-electron chi connectivity index (χ0n) is 18.3. The largest absolute Gasteiger partial charge is 0.393 e. The van der Waals surface area contributed by atoms with Crippen molar-refractivity contribution in [1.29, 1.82) is 0 Å². The Balaban J connectivity index is 1.33. The average molecular weight is 451 g/mol. The molecule has 2 amide bonds. The lowest BCUT2D eigenvalue weighted by Gasteiger charge is -2.41. The SMILES string of the molecule is O=C1NCCN(Cc2cccc(F)c2F)[C@H]1CC(=O)N1CCC(N2CCC(O)CC2)CC1. The van der Waals surface area contributed by atoms with Gasteiger partial charge in [-0.1, -0.05) is 12.1 Å². The van der Waals surface area contributed by atoms with E-state index in [0.29, 0.717) is 32.2 Å². The van der Waals surface area contributed by atoms with Gasteiger partial charge in [-0.3, -0.25) is 14.5 Å². The van der Waals surface area contributed by atoms with E-state index in [2.05, 4.69) is 10.2 Å². The van der Waals surface area contributed by atoms with Gasteiger partial charge in [0.25, 0.3) is 0 Å². The molecule has 0 aliphatic carbocycles. The Morgan fingerprint density at radius 3 is 2.50 bits per heavy atom. The van der Waals surface area contributed by atoms with Crippen LogP contribution in [-0.4, -0.2) is 89.1 Å². The lowest BCUT2D eigenvalue weighted by molar-refractivity contribution is -0.140. The quantitative estimate of drug-likeness (QED) is 0.703. The van der Waals surface area contributed by atoms with E-state index in [1.807, 2.05) is 4.90 Å². The van der Waals surface area contributed by atoms with Crippen LogP contribution in [0.25, 0.3) is 0 Å². The molecule has 32 heavy (non-hydrogen) atoms. The second-order valence-corrected chi connectivity index (χ2v) is 9.07. The molecule has 0 spiro atoms. The molecule has 3 aliphatic heterocycles. The van der Waals surface area contributed by atoms with E-state index in [1.54, 1.807) is 4.90 Å². The number of nitrogens with one attached hydrogen (secondary N) is 1. The Hall–Kier alpha value is -2.10. The van der Waals surface area contributed by atoms with Crippen LogP contribution >= 0.6 is 0 Å². The van der Waals surface area contributed by atoms with Gasteiger partial charge in [-0.05, 0) is 31.7 Å². The summed E-state index contributed by atoms with van der Waals surface area (Å²) in [5, 5.41) is 12.5. The van der Waals surface area contributed by atoms with Gasteiger partial charge in [0, 0.05) is 57.4 Å². The van der Waals surface area contributed by atoms with Crippen LogP contribution in [0, 0.1) is 11.6 Å². The molecular formula is C23H32F2N4O3. The van der Waals surface area contributed by atoms with Crippen molar-refractivity contribution >= 4 is 11.8 Å². The molecule has 2 N–H and O–H groups in total. The van der Waals surface area contributed by atoms with Crippen LogP contribution in [-0.2, 0) is 16.1 Å². The zero-order chi connectivity index (χ0) is 22.7. The Labute approximate surface area is 187 Å². The van der Waals surface area contributed by atoms with Crippen LogP contribution in [0.3, 0.4) is 0 Å². The molecule has 0 unspecified atom stereocenters. The molecular weight excluding hydrogens is 418 g/mol. The predicted molar refractivity (Wildman–Crippen MR) is 115 cm³/mol. The standard InChI is InChI=1S/C23H32F2N4O3/c24-19-3-1-2-16(22(19)25)15-29-13-8-26-23(32)20(29)14-21(31)28-9-4-17(5-10-28)27-11-6-18(30)7-12-27/h1-3,17-18,20,30H,4-15H2,(H,26,32)/t20-/m0/s1. The fourth-order valence-corrected chi connectivity index (χ4v) is 5.09. The fraction of sp³-hybridized carbons (Fsp3) is 0.652. The number of piperazine rings is 1. The first-order valence-corrected chi connectivity index (χ1v) is 11.6. The van der Waals surface area contributed by atoms with Crippen molar-refractivity contribution in [2.75, 3.05) is 39.3 Å². The third-order valence-electron chi connectivity index (χ3n) is 7.05. The Bertz CT molecular complexity index is 823. The molecule has 4 rings (SSSR count). The number of aliphatic hydroxyl groups is 1. The maximum Gasteiger partial charge on any atom is 0.237 e. The number of rotatable bonds is 5. The number of hydrogen-bond acceptors (Lipinski definition) is 5. The Kier molecular flexibility index (Phi) is 7.37. The van der Waals surface area contributed by atoms with Gasteiger partial charge in [-0.2, -0.15) is 0 Å². The van der Waals surface area contributed by atoms with Gasteiger partial charge in [0.1, 0.15) is 0 Å². The van der Waals surface area contributed by atoms with Gasteiger partial charge < -0.3 is 20.2 Å². The smallest absolute Gasteiger partial charge is 0.237 e. The molecule has 0 saturated carbocycles. The van der Waals surface area contributed by atoms with E-state index in [0.717, 1.165) is 44.8 Å². The number of likely N-dealkylation sites (tertiary alicyclic amines) is 2. The van der Waals surface area contributed by atoms with Gasteiger partial charge in [0.15, 0.2) is 11.6 Å². The van der Waals surface area contributed by atoms with Crippen molar-refractivity contribution in [1.82, 2.24) is 20.0 Å². The maximum atomic E-state index is 14.2. The molecule has 3 saturated heterocycles. The Morgan fingerprint density at radius 2 is 1.78 bits per heavy atom. The predicted octanol–water partition coefficient (Wildman–Crippen LogP) is 1.10. The summed E-state index contributed by atoms with van der Waals surface area (Å²) in [6.45, 7) is 4.06. The molecule has 0 aromatic heterocycles. The molecule has 0 bridgehead atoms. The minimum Gasteiger partial charge on any atom is -0.393 e. The van der Waals surface area contributed by atoms with Gasteiger partial charge >= 0.3 is 0 Å². The zero-order valence-corrected chi connectivity index (χ0v) is 18.3. The van der Waals surface area contributed by atoms with Gasteiger partial charge in [0.2, 0.25) is 11.8 Å². The molecule has 9 heteroatoms. The highest BCUT2D eigenvalue weighted by Crippen LogP contribution is 2.23. The number of nitrogens with zero attached hydrogens (tertiary/aromatic N) is 3. The first-order valence-electron chi connectivity index (χ1n) is 11.6. The summed E-state index contributed by atoms with van der Waals surface area (Å²) in [5.74, 6) is -2.15. The van der Waals surface area contributed by atoms with Crippen molar-refractivity contribution in [3.8, 4) is 0 Å². The molecule has 3 aliphatic rings. The molecule has 1 atom stereocenters. The second-order valence-electron chi connectivity index (χ2n) is 9.07. The minimum absolute atomic E-state index is 0.0311. The summed E-state index contributed by atoms with van der Waals surface area (Å²) >= 11 is 0. The second kappa shape index (κ2) is 10.2. The lowest BCUT2D eigenvalue weighted by Crippen LogP contribution is -2.57. The number of halogens is 2. The molecule has 1 aromatic carbocycles. The highest BCUT2D eigenvalue weighted by Gasteiger charge is 2.35. The topological polar surface area (TPSA) is 76.1 Å². The first-order chi connectivity index (χ1) is 15.4. The normalized spacial score (nSPS) is 24.5. The number of benzene rings is 1. The van der Waals surface area contributed by atoms with E-state index in [9.17, 15) is 23.5 Å². The summed E-state index contributed by atoms with van der Waals surface area (Å²) in [4.78, 5) is 31.5. The third kappa shape index (κ3) is 5.27. The summed E-state index contributed by atoms with van der Waals surface area (Å²) in [6, 6.07) is 3.76. The molecule has 176 valence electrons. The van der Waals surface area contributed by atoms with Crippen molar-refractivity contribution in [2.24, 2.45) is 0 Å². The van der Waals surface area contributed by atoms with Crippen molar-refractivity contribution in [3.63, 3.8) is 0 Å². The van der Waals surface area contributed by atoms with Crippen LogP contribution in [0.4, 0.5) is 8.78 Å². The summed E-state index contributed by atoms with van der Waals surface area (Å²) in [5.41, 5.74) is 0.185. The number of carbonyl (C=O) groups is 2. The number of piperidine rings is 2. The number of amides is 2. The van der Waals surface area contributed by atoms with Crippen molar-refractivity contribution < 1.29 is 23.5 Å². The number of hydrogen-bond donors (Lipinski definition) is 2. The summed E-state index contributed by atoms with van der Waals surface area (Å²) in [7, 11) is 0. The number of aliphatic hydroxyl groups excluding tert-OH is 1. The van der Waals surface area contributed by atoms with E-state index in [1.165, 1.54) is 12.1 Å². The fourth-order valence-electron chi connectivity index (χ4n) is 5.09. The molecule has 3 heterocycles. The average Bonchev–Trinajstić information content (AvgIpc) is 2.80. The van der Waals surface area contributed by atoms with E-state index < -0.39 is 17.7 Å². The van der Waals surface area contributed by atoms with Crippen LogP contribution in [0.15, 0.2) is 18.2 Å². The molecule has 7 nitrogen and oxygen atoms in total. The van der Waals surface area contributed by atoms with Crippen molar-refractivity contribution in [3.05, 3.63) is 35.4 Å². The van der Waals surface area contributed by atoms with E-state index in [4.69, 9.17) is 0 Å². The van der Waals surface area contributed by atoms with Crippen molar-refractivity contribution in [2.45, 2.75) is 56.8 Å².